The lowest BCUT2D eigenvalue weighted by molar-refractivity contribution is -0.149. The molecule has 1 amide bonds. The number of halogens is 5. The molecule has 1 aliphatic heterocycles. The van der Waals surface area contributed by atoms with Crippen LogP contribution >= 0.6 is 0 Å². The van der Waals surface area contributed by atoms with Gasteiger partial charge in [0.15, 0.2) is 17.4 Å². The van der Waals surface area contributed by atoms with Crippen LogP contribution in [0.3, 0.4) is 0 Å². The van der Waals surface area contributed by atoms with Gasteiger partial charge in [0.2, 0.25) is 0 Å². The standard InChI is InChI=1S/C13H9F5N2O2/c1-6-19-10(12(22)20(6)5-13(16,17)18)4-7-2-8(14)11(21)9(15)3-7/h2-4,21H,5H2,1H3/b10-4-. The molecule has 22 heavy (non-hydrogen) atoms. The molecule has 0 aromatic heterocycles. The number of aliphatic imine (C=N–C) groups is 1. The summed E-state index contributed by atoms with van der Waals surface area (Å²) in [5.74, 6) is -4.90. The van der Waals surface area contributed by atoms with E-state index in [0.29, 0.717) is 4.90 Å². The number of phenolic OH excluding ortho intramolecular Hbond substituents is 1. The van der Waals surface area contributed by atoms with E-state index < -0.39 is 36.0 Å². The fourth-order valence-electron chi connectivity index (χ4n) is 1.85. The topological polar surface area (TPSA) is 52.9 Å². The molecule has 1 heterocycles. The van der Waals surface area contributed by atoms with Crippen LogP contribution in [-0.4, -0.2) is 34.5 Å². The number of nitrogens with zero attached hydrogens (tertiary/aromatic N) is 2. The van der Waals surface area contributed by atoms with Gasteiger partial charge >= 0.3 is 6.18 Å². The summed E-state index contributed by atoms with van der Waals surface area (Å²) >= 11 is 0. The molecule has 1 aromatic carbocycles. The highest BCUT2D eigenvalue weighted by Crippen LogP contribution is 2.26. The van der Waals surface area contributed by atoms with Crippen LogP contribution in [0, 0.1) is 11.6 Å². The summed E-state index contributed by atoms with van der Waals surface area (Å²) in [7, 11) is 0. The molecule has 1 aromatic rings. The quantitative estimate of drug-likeness (QED) is 0.673. The molecule has 1 aliphatic rings. The molecule has 0 bridgehead atoms. The summed E-state index contributed by atoms with van der Waals surface area (Å²) in [5.41, 5.74) is -0.534. The van der Waals surface area contributed by atoms with Crippen LogP contribution in [0.4, 0.5) is 22.0 Å². The Morgan fingerprint density at radius 3 is 2.32 bits per heavy atom. The van der Waals surface area contributed by atoms with Crippen molar-refractivity contribution in [3.8, 4) is 5.75 Å². The van der Waals surface area contributed by atoms with Gasteiger partial charge in [-0.2, -0.15) is 13.2 Å². The number of hydrogen-bond acceptors (Lipinski definition) is 3. The number of alkyl halides is 3. The fourth-order valence-corrected chi connectivity index (χ4v) is 1.85. The van der Waals surface area contributed by atoms with Crippen LogP contribution in [0.2, 0.25) is 0 Å². The lowest BCUT2D eigenvalue weighted by Crippen LogP contribution is -2.38. The van der Waals surface area contributed by atoms with Gasteiger partial charge in [0.05, 0.1) is 0 Å². The van der Waals surface area contributed by atoms with E-state index in [1.165, 1.54) is 6.92 Å². The minimum Gasteiger partial charge on any atom is -0.503 e. The average molecular weight is 320 g/mol. The first kappa shape index (κ1) is 15.9. The molecule has 1 N–H and O–H groups in total. The normalized spacial score (nSPS) is 17.4. The Kier molecular flexibility index (Phi) is 3.90. The second-order valence-corrected chi connectivity index (χ2v) is 4.53. The number of aromatic hydroxyl groups is 1. The molecule has 0 aliphatic carbocycles. The highest BCUT2D eigenvalue weighted by molar-refractivity contribution is 6.13. The van der Waals surface area contributed by atoms with Crippen molar-refractivity contribution in [3.05, 3.63) is 35.0 Å². The van der Waals surface area contributed by atoms with Crippen molar-refractivity contribution in [1.82, 2.24) is 4.90 Å². The molecule has 0 fully saturated rings. The van der Waals surface area contributed by atoms with Crippen LogP contribution < -0.4 is 0 Å². The van der Waals surface area contributed by atoms with Crippen LogP contribution in [-0.2, 0) is 4.79 Å². The lowest BCUT2D eigenvalue weighted by Gasteiger charge is -2.17. The number of amidine groups is 1. The minimum atomic E-state index is -4.60. The van der Waals surface area contributed by atoms with Crippen LogP contribution in [0.25, 0.3) is 6.08 Å². The monoisotopic (exact) mass is 320 g/mol. The number of carbonyl (C=O) groups excluding carboxylic acids is 1. The van der Waals surface area contributed by atoms with Gasteiger partial charge in [-0.25, -0.2) is 13.8 Å². The van der Waals surface area contributed by atoms with E-state index >= 15 is 0 Å². The third-order valence-corrected chi connectivity index (χ3v) is 2.82. The maximum absolute atomic E-state index is 13.2. The van der Waals surface area contributed by atoms with Gasteiger partial charge in [-0.1, -0.05) is 0 Å². The van der Waals surface area contributed by atoms with Crippen molar-refractivity contribution in [3.63, 3.8) is 0 Å². The van der Waals surface area contributed by atoms with Crippen molar-refractivity contribution in [2.24, 2.45) is 4.99 Å². The van der Waals surface area contributed by atoms with E-state index in [0.717, 1.165) is 18.2 Å². The number of phenols is 1. The highest BCUT2D eigenvalue weighted by atomic mass is 19.4. The molecule has 0 radical (unpaired) electrons. The molecule has 9 heteroatoms. The maximum Gasteiger partial charge on any atom is 0.406 e. The predicted octanol–water partition coefficient (Wildman–Crippen LogP) is 2.83. The molecule has 118 valence electrons. The fraction of sp³-hybridized carbons (Fsp3) is 0.231. The first-order valence-electron chi connectivity index (χ1n) is 5.92. The van der Waals surface area contributed by atoms with Gasteiger partial charge in [0.1, 0.15) is 18.1 Å². The van der Waals surface area contributed by atoms with Crippen LogP contribution in [0.1, 0.15) is 12.5 Å². The molecule has 0 saturated heterocycles. The second-order valence-electron chi connectivity index (χ2n) is 4.53. The smallest absolute Gasteiger partial charge is 0.406 e. The van der Waals surface area contributed by atoms with Crippen LogP contribution in [0.15, 0.2) is 22.8 Å². The zero-order valence-electron chi connectivity index (χ0n) is 11.1. The number of hydrogen-bond donors (Lipinski definition) is 1. The molecule has 0 atom stereocenters. The van der Waals surface area contributed by atoms with Crippen molar-refractivity contribution in [2.45, 2.75) is 13.1 Å². The summed E-state index contributed by atoms with van der Waals surface area (Å²) < 4.78 is 63.5. The SMILES string of the molecule is CC1=N/C(=C\c2cc(F)c(O)c(F)c2)C(=O)N1CC(F)(F)F. The Morgan fingerprint density at radius 1 is 1.27 bits per heavy atom. The van der Waals surface area contributed by atoms with Gasteiger partial charge in [0.25, 0.3) is 5.91 Å². The largest absolute Gasteiger partial charge is 0.503 e. The second kappa shape index (κ2) is 5.39. The molecular weight excluding hydrogens is 311 g/mol. The lowest BCUT2D eigenvalue weighted by atomic mass is 10.1. The van der Waals surface area contributed by atoms with Crippen molar-refractivity contribution in [2.75, 3.05) is 6.54 Å². The number of rotatable bonds is 2. The zero-order chi connectivity index (χ0) is 16.7. The first-order chi connectivity index (χ1) is 10.1. The minimum absolute atomic E-state index is 0.151. The summed E-state index contributed by atoms with van der Waals surface area (Å²) in [5, 5.41) is 8.96. The Balaban J connectivity index is 2.33. The number of amides is 1. The van der Waals surface area contributed by atoms with E-state index in [4.69, 9.17) is 5.11 Å². The third-order valence-electron chi connectivity index (χ3n) is 2.82. The van der Waals surface area contributed by atoms with E-state index in [2.05, 4.69) is 4.99 Å². The average Bonchev–Trinajstić information content (AvgIpc) is 2.62. The zero-order valence-corrected chi connectivity index (χ0v) is 11.1. The van der Waals surface area contributed by atoms with E-state index in [-0.39, 0.29) is 17.1 Å². The predicted molar refractivity (Wildman–Crippen MR) is 66.9 cm³/mol. The van der Waals surface area contributed by atoms with E-state index in [1.807, 2.05) is 0 Å². The number of benzene rings is 1. The van der Waals surface area contributed by atoms with Crippen molar-refractivity contribution < 1.29 is 31.9 Å². The van der Waals surface area contributed by atoms with Gasteiger partial charge in [-0.05, 0) is 30.7 Å². The molecule has 4 nitrogen and oxygen atoms in total. The van der Waals surface area contributed by atoms with Crippen LogP contribution in [0.5, 0.6) is 5.75 Å². The Labute approximate surface area is 121 Å². The van der Waals surface area contributed by atoms with E-state index in [9.17, 15) is 26.7 Å². The molecule has 2 rings (SSSR count). The maximum atomic E-state index is 13.2. The van der Waals surface area contributed by atoms with Gasteiger partial charge in [0, 0.05) is 0 Å². The Bertz CT molecular complexity index is 671. The summed E-state index contributed by atoms with van der Waals surface area (Å²) in [6, 6.07) is 1.46. The van der Waals surface area contributed by atoms with Crippen molar-refractivity contribution in [1.29, 1.82) is 0 Å². The van der Waals surface area contributed by atoms with Crippen molar-refractivity contribution >= 4 is 17.8 Å². The first-order valence-corrected chi connectivity index (χ1v) is 5.92. The summed E-state index contributed by atoms with van der Waals surface area (Å²) in [4.78, 5) is 15.9. The molecule has 0 saturated carbocycles. The third kappa shape index (κ3) is 3.23. The highest BCUT2D eigenvalue weighted by Gasteiger charge is 2.38. The number of carbonyl (C=O) groups is 1. The Morgan fingerprint density at radius 2 is 1.82 bits per heavy atom. The van der Waals surface area contributed by atoms with E-state index in [1.54, 1.807) is 0 Å². The van der Waals surface area contributed by atoms with Gasteiger partial charge in [-0.15, -0.1) is 0 Å². The summed E-state index contributed by atoms with van der Waals surface area (Å²) in [6.45, 7) is -0.292. The molecule has 0 spiro atoms. The molecular formula is C13H9F5N2O2. The molecule has 0 unspecified atom stereocenters. The Hall–Kier alpha value is -2.45. The van der Waals surface area contributed by atoms with Gasteiger partial charge < -0.3 is 5.11 Å². The summed E-state index contributed by atoms with van der Waals surface area (Å²) in [6.07, 6.45) is -3.66. The van der Waals surface area contributed by atoms with Gasteiger partial charge in [-0.3, -0.25) is 9.69 Å².